The third-order valence-electron chi connectivity index (χ3n) is 2.54. The fourth-order valence-corrected chi connectivity index (χ4v) is 2.93. The van der Waals surface area contributed by atoms with E-state index in [0.29, 0.717) is 0 Å². The number of hydrogen-bond acceptors (Lipinski definition) is 5. The number of sulfonamides is 1. The Balaban J connectivity index is 2.75. The predicted octanol–water partition coefficient (Wildman–Crippen LogP) is 0.687. The van der Waals surface area contributed by atoms with E-state index >= 15 is 0 Å². The zero-order valence-electron chi connectivity index (χ0n) is 9.72. The number of esters is 1. The SMILES string of the molecule is COC(=O)C1=C(O)c2cc(C)ccc2S(=O)(=O)N1. The number of methoxy groups -OCH3 is 1. The van der Waals surface area contributed by atoms with E-state index in [1.807, 2.05) is 4.72 Å². The quantitative estimate of drug-likeness (QED) is 0.732. The Bertz CT molecular complexity index is 660. The zero-order valence-corrected chi connectivity index (χ0v) is 10.5. The number of benzene rings is 1. The number of carbonyl (C=O) groups is 1. The number of carbonyl (C=O) groups excluding carboxylic acids is 1. The largest absolute Gasteiger partial charge is 0.505 e. The molecule has 0 aromatic heterocycles. The second kappa shape index (κ2) is 4.02. The Hall–Kier alpha value is -2.02. The number of aliphatic hydroxyl groups excluding tert-OH is 1. The summed E-state index contributed by atoms with van der Waals surface area (Å²) < 4.78 is 30.2. The number of hydrogen-bond donors (Lipinski definition) is 2. The van der Waals surface area contributed by atoms with Crippen LogP contribution >= 0.6 is 0 Å². The monoisotopic (exact) mass is 269 g/mol. The van der Waals surface area contributed by atoms with Gasteiger partial charge in [0.05, 0.1) is 12.0 Å². The summed E-state index contributed by atoms with van der Waals surface area (Å²) >= 11 is 0. The molecule has 0 bridgehead atoms. The van der Waals surface area contributed by atoms with Crippen LogP contribution in [0.5, 0.6) is 0 Å². The second-order valence-electron chi connectivity index (χ2n) is 3.82. The van der Waals surface area contributed by atoms with E-state index in [4.69, 9.17) is 0 Å². The summed E-state index contributed by atoms with van der Waals surface area (Å²) in [6, 6.07) is 4.47. The van der Waals surface area contributed by atoms with Crippen molar-refractivity contribution < 1.29 is 23.1 Å². The molecule has 6 nitrogen and oxygen atoms in total. The maximum Gasteiger partial charge on any atom is 0.359 e. The highest BCUT2D eigenvalue weighted by molar-refractivity contribution is 7.89. The Labute approximate surface area is 104 Å². The molecule has 1 aliphatic heterocycles. The van der Waals surface area contributed by atoms with Gasteiger partial charge in [-0.15, -0.1) is 0 Å². The molecule has 1 aliphatic rings. The first-order valence-electron chi connectivity index (χ1n) is 5.02. The fourth-order valence-electron chi connectivity index (χ4n) is 1.68. The van der Waals surface area contributed by atoms with Crippen molar-refractivity contribution >= 4 is 21.8 Å². The molecule has 7 heteroatoms. The maximum atomic E-state index is 11.9. The molecule has 0 amide bonds. The molecular formula is C11H11NO5S. The summed E-state index contributed by atoms with van der Waals surface area (Å²) in [6.45, 7) is 1.75. The molecule has 0 radical (unpaired) electrons. The van der Waals surface area contributed by atoms with Crippen LogP contribution in [0.25, 0.3) is 5.76 Å². The molecule has 0 unspecified atom stereocenters. The van der Waals surface area contributed by atoms with Crippen molar-refractivity contribution in [3.8, 4) is 0 Å². The minimum absolute atomic E-state index is 0.0711. The van der Waals surface area contributed by atoms with Gasteiger partial charge in [-0.1, -0.05) is 11.6 Å². The van der Waals surface area contributed by atoms with Gasteiger partial charge >= 0.3 is 5.97 Å². The third-order valence-corrected chi connectivity index (χ3v) is 3.95. The summed E-state index contributed by atoms with van der Waals surface area (Å²) in [5.41, 5.74) is 0.381. The number of aryl methyl sites for hydroxylation is 1. The summed E-state index contributed by atoms with van der Waals surface area (Å²) in [7, 11) is -2.76. The van der Waals surface area contributed by atoms with Gasteiger partial charge in [0, 0.05) is 5.56 Å². The lowest BCUT2D eigenvalue weighted by atomic mass is 10.1. The van der Waals surface area contributed by atoms with Crippen molar-refractivity contribution in [2.75, 3.05) is 7.11 Å². The van der Waals surface area contributed by atoms with Gasteiger partial charge in [-0.2, -0.15) is 0 Å². The van der Waals surface area contributed by atoms with Crippen LogP contribution in [-0.2, 0) is 19.6 Å². The molecule has 0 spiro atoms. The van der Waals surface area contributed by atoms with Gasteiger partial charge in [-0.05, 0) is 19.1 Å². The number of nitrogens with one attached hydrogen (secondary N) is 1. The number of rotatable bonds is 1. The Morgan fingerprint density at radius 1 is 1.39 bits per heavy atom. The molecule has 0 fully saturated rings. The van der Waals surface area contributed by atoms with Crippen LogP contribution in [0.1, 0.15) is 11.1 Å². The smallest absolute Gasteiger partial charge is 0.359 e. The fraction of sp³-hybridized carbons (Fsp3) is 0.182. The molecular weight excluding hydrogens is 258 g/mol. The van der Waals surface area contributed by atoms with Crippen molar-refractivity contribution in [2.24, 2.45) is 0 Å². The normalized spacial score (nSPS) is 16.8. The van der Waals surface area contributed by atoms with E-state index in [1.165, 1.54) is 12.1 Å². The molecule has 0 saturated heterocycles. The van der Waals surface area contributed by atoms with Crippen molar-refractivity contribution in [3.05, 3.63) is 35.0 Å². The third kappa shape index (κ3) is 1.82. The first-order valence-corrected chi connectivity index (χ1v) is 6.50. The van der Waals surface area contributed by atoms with Gasteiger partial charge in [0.2, 0.25) is 0 Å². The van der Waals surface area contributed by atoms with Crippen LogP contribution in [0.2, 0.25) is 0 Å². The number of aliphatic hydroxyl groups is 1. The Morgan fingerprint density at radius 2 is 2.06 bits per heavy atom. The molecule has 0 saturated carbocycles. The molecule has 2 N–H and O–H groups in total. The minimum Gasteiger partial charge on any atom is -0.505 e. The van der Waals surface area contributed by atoms with Gasteiger partial charge < -0.3 is 9.84 Å². The highest BCUT2D eigenvalue weighted by Crippen LogP contribution is 2.29. The second-order valence-corrected chi connectivity index (χ2v) is 5.47. The first-order chi connectivity index (χ1) is 8.36. The molecule has 2 rings (SSSR count). The van der Waals surface area contributed by atoms with E-state index in [1.54, 1.807) is 13.0 Å². The summed E-state index contributed by atoms with van der Waals surface area (Å²) in [6.07, 6.45) is 0. The average Bonchev–Trinajstić information content (AvgIpc) is 2.32. The van der Waals surface area contributed by atoms with Gasteiger partial charge in [-0.25, -0.2) is 13.2 Å². The van der Waals surface area contributed by atoms with Gasteiger partial charge in [0.25, 0.3) is 10.0 Å². The minimum atomic E-state index is -3.86. The summed E-state index contributed by atoms with van der Waals surface area (Å²) in [4.78, 5) is 11.3. The molecule has 1 heterocycles. The molecule has 1 aromatic carbocycles. The topological polar surface area (TPSA) is 92.7 Å². The Morgan fingerprint density at radius 3 is 2.67 bits per heavy atom. The molecule has 0 atom stereocenters. The van der Waals surface area contributed by atoms with E-state index in [2.05, 4.69) is 4.74 Å². The van der Waals surface area contributed by atoms with Crippen molar-refractivity contribution in [3.63, 3.8) is 0 Å². The van der Waals surface area contributed by atoms with Crippen molar-refractivity contribution in [2.45, 2.75) is 11.8 Å². The van der Waals surface area contributed by atoms with E-state index in [9.17, 15) is 18.3 Å². The lowest BCUT2D eigenvalue weighted by Gasteiger charge is -2.20. The van der Waals surface area contributed by atoms with Crippen molar-refractivity contribution in [1.29, 1.82) is 0 Å². The highest BCUT2D eigenvalue weighted by atomic mass is 32.2. The first kappa shape index (κ1) is 12.4. The van der Waals surface area contributed by atoms with E-state index in [0.717, 1.165) is 12.7 Å². The van der Waals surface area contributed by atoms with Gasteiger partial charge in [-0.3, -0.25) is 4.72 Å². The standard InChI is InChI=1S/C11H11NO5S/c1-6-3-4-8-7(5-6)10(13)9(11(14)17-2)12-18(8,15)16/h3-5,12-13H,1-2H3. The lowest BCUT2D eigenvalue weighted by molar-refractivity contribution is -0.136. The average molecular weight is 269 g/mol. The predicted molar refractivity (Wildman–Crippen MR) is 63.1 cm³/mol. The van der Waals surface area contributed by atoms with Crippen LogP contribution in [0.3, 0.4) is 0 Å². The highest BCUT2D eigenvalue weighted by Gasteiger charge is 2.33. The summed E-state index contributed by atoms with van der Waals surface area (Å²) in [5, 5.41) is 9.93. The maximum absolute atomic E-state index is 11.9. The van der Waals surface area contributed by atoms with Crippen LogP contribution in [-0.4, -0.2) is 26.6 Å². The van der Waals surface area contributed by atoms with E-state index < -0.39 is 27.4 Å². The molecule has 1 aromatic rings. The van der Waals surface area contributed by atoms with E-state index in [-0.39, 0.29) is 10.5 Å². The zero-order chi connectivity index (χ0) is 13.5. The molecule has 18 heavy (non-hydrogen) atoms. The lowest BCUT2D eigenvalue weighted by Crippen LogP contribution is -2.33. The van der Waals surface area contributed by atoms with Crippen LogP contribution < -0.4 is 4.72 Å². The molecule has 96 valence electrons. The Kier molecular flexibility index (Phi) is 2.78. The van der Waals surface area contributed by atoms with Gasteiger partial charge in [0.15, 0.2) is 11.5 Å². The number of ether oxygens (including phenoxy) is 1. The summed E-state index contributed by atoms with van der Waals surface area (Å²) in [5.74, 6) is -1.38. The molecule has 0 aliphatic carbocycles. The van der Waals surface area contributed by atoms with Gasteiger partial charge in [0.1, 0.15) is 0 Å². The van der Waals surface area contributed by atoms with Crippen molar-refractivity contribution in [1.82, 2.24) is 4.72 Å². The van der Waals surface area contributed by atoms with Crippen LogP contribution in [0.15, 0.2) is 28.8 Å². The number of fused-ring (bicyclic) bond motifs is 1. The van der Waals surface area contributed by atoms with Crippen LogP contribution in [0.4, 0.5) is 0 Å². The van der Waals surface area contributed by atoms with Crippen LogP contribution in [0, 0.1) is 6.92 Å².